The summed E-state index contributed by atoms with van der Waals surface area (Å²) in [6.45, 7) is 4.89. The summed E-state index contributed by atoms with van der Waals surface area (Å²) < 4.78 is 13.3. The summed E-state index contributed by atoms with van der Waals surface area (Å²) in [4.78, 5) is 29.4. The molecule has 0 atom stereocenters. The Morgan fingerprint density at radius 3 is 2.48 bits per heavy atom. The number of pyridine rings is 1. The van der Waals surface area contributed by atoms with Crippen LogP contribution < -0.4 is 16.0 Å². The Balaban J connectivity index is 1.66. The van der Waals surface area contributed by atoms with Crippen LogP contribution >= 0.6 is 0 Å². The monoisotopic (exact) mass is 395 g/mol. The standard InChI is InChI=1S/C20H22FN7O/c1-2-23-20(29)28-11-9-27(10-12-28)18-17-16(25-19(22)26-18)8-7-15(24-17)13-3-5-14(21)6-4-13/h3-8H,2,9-12H2,1H3,(H,23,29)(H2,22,25,26). The van der Waals surface area contributed by atoms with Crippen molar-refractivity contribution < 1.29 is 9.18 Å². The van der Waals surface area contributed by atoms with Crippen molar-refractivity contribution in [3.63, 3.8) is 0 Å². The summed E-state index contributed by atoms with van der Waals surface area (Å²) in [6.07, 6.45) is 0. The number of halogens is 1. The van der Waals surface area contributed by atoms with Gasteiger partial charge in [-0.1, -0.05) is 0 Å². The van der Waals surface area contributed by atoms with Crippen LogP contribution in [0.4, 0.5) is 21.0 Å². The van der Waals surface area contributed by atoms with Gasteiger partial charge < -0.3 is 20.9 Å². The molecule has 2 amide bonds. The molecule has 0 radical (unpaired) electrons. The number of aromatic nitrogens is 3. The van der Waals surface area contributed by atoms with Crippen molar-refractivity contribution in [2.45, 2.75) is 6.92 Å². The zero-order valence-electron chi connectivity index (χ0n) is 16.1. The zero-order valence-corrected chi connectivity index (χ0v) is 16.1. The molecule has 8 nitrogen and oxygen atoms in total. The molecule has 1 aromatic carbocycles. The van der Waals surface area contributed by atoms with Gasteiger partial charge in [-0.15, -0.1) is 0 Å². The average Bonchev–Trinajstić information content (AvgIpc) is 2.74. The van der Waals surface area contributed by atoms with Gasteiger partial charge in [0.15, 0.2) is 5.82 Å². The molecule has 4 rings (SSSR count). The lowest BCUT2D eigenvalue weighted by Crippen LogP contribution is -2.52. The maximum absolute atomic E-state index is 13.3. The maximum atomic E-state index is 13.3. The van der Waals surface area contributed by atoms with Gasteiger partial charge in [0, 0.05) is 38.3 Å². The number of anilines is 2. The summed E-state index contributed by atoms with van der Waals surface area (Å²) in [5.74, 6) is 0.526. The molecule has 2 aromatic heterocycles. The second kappa shape index (κ2) is 7.86. The lowest BCUT2D eigenvalue weighted by Gasteiger charge is -2.35. The number of nitrogens with one attached hydrogen (secondary N) is 1. The number of hydrogen-bond acceptors (Lipinski definition) is 6. The fourth-order valence-electron chi connectivity index (χ4n) is 3.40. The van der Waals surface area contributed by atoms with Crippen molar-refractivity contribution in [2.75, 3.05) is 43.4 Å². The smallest absolute Gasteiger partial charge is 0.317 e. The number of rotatable bonds is 3. The van der Waals surface area contributed by atoms with Gasteiger partial charge in [-0.25, -0.2) is 19.2 Å². The molecular formula is C20H22FN7O. The molecule has 3 aromatic rings. The Morgan fingerprint density at radius 1 is 1.07 bits per heavy atom. The number of hydrogen-bond donors (Lipinski definition) is 2. The van der Waals surface area contributed by atoms with Crippen LogP contribution in [0.3, 0.4) is 0 Å². The van der Waals surface area contributed by atoms with Gasteiger partial charge in [-0.05, 0) is 43.3 Å². The van der Waals surface area contributed by atoms with Gasteiger partial charge in [-0.2, -0.15) is 4.98 Å². The Hall–Kier alpha value is -3.49. The normalized spacial score (nSPS) is 14.3. The van der Waals surface area contributed by atoms with E-state index >= 15 is 0 Å². The van der Waals surface area contributed by atoms with E-state index in [2.05, 4.69) is 20.2 Å². The van der Waals surface area contributed by atoms with Crippen LogP contribution in [0.2, 0.25) is 0 Å². The van der Waals surface area contributed by atoms with E-state index < -0.39 is 0 Å². The van der Waals surface area contributed by atoms with Gasteiger partial charge in [0.2, 0.25) is 5.95 Å². The van der Waals surface area contributed by atoms with Crippen LogP contribution in [0, 0.1) is 5.82 Å². The first-order valence-electron chi connectivity index (χ1n) is 9.53. The van der Waals surface area contributed by atoms with E-state index in [0.717, 1.165) is 5.56 Å². The minimum absolute atomic E-state index is 0.0593. The highest BCUT2D eigenvalue weighted by molar-refractivity contribution is 5.88. The average molecular weight is 395 g/mol. The summed E-state index contributed by atoms with van der Waals surface area (Å²) >= 11 is 0. The van der Waals surface area contributed by atoms with Crippen LogP contribution in [0.15, 0.2) is 36.4 Å². The van der Waals surface area contributed by atoms with E-state index in [0.29, 0.717) is 55.3 Å². The Morgan fingerprint density at radius 2 is 1.79 bits per heavy atom. The number of piperazine rings is 1. The third-order valence-corrected chi connectivity index (χ3v) is 4.88. The molecule has 0 unspecified atom stereocenters. The van der Waals surface area contributed by atoms with Crippen LogP contribution in [0.5, 0.6) is 0 Å². The lowest BCUT2D eigenvalue weighted by molar-refractivity contribution is 0.195. The van der Waals surface area contributed by atoms with Crippen molar-refractivity contribution in [1.82, 2.24) is 25.2 Å². The van der Waals surface area contributed by atoms with E-state index in [1.165, 1.54) is 12.1 Å². The maximum Gasteiger partial charge on any atom is 0.317 e. The first-order valence-corrected chi connectivity index (χ1v) is 9.53. The Bertz CT molecular complexity index is 1030. The number of nitrogens with two attached hydrogens (primary N) is 1. The van der Waals surface area contributed by atoms with Gasteiger partial charge in [0.25, 0.3) is 0 Å². The number of fused-ring (bicyclic) bond motifs is 1. The molecule has 9 heteroatoms. The van der Waals surface area contributed by atoms with Gasteiger partial charge in [-0.3, -0.25) is 0 Å². The third kappa shape index (κ3) is 3.89. The van der Waals surface area contributed by atoms with Crippen LogP contribution in [0.1, 0.15) is 6.92 Å². The summed E-state index contributed by atoms with van der Waals surface area (Å²) in [5.41, 5.74) is 8.70. The predicted octanol–water partition coefficient (Wildman–Crippen LogP) is 2.26. The number of amides is 2. The SMILES string of the molecule is CCNC(=O)N1CCN(c2nc(N)nc3ccc(-c4ccc(F)cc4)nc23)CC1. The Labute approximate surface area is 167 Å². The lowest BCUT2D eigenvalue weighted by atomic mass is 10.1. The summed E-state index contributed by atoms with van der Waals surface area (Å²) in [7, 11) is 0. The fraction of sp³-hybridized carbons (Fsp3) is 0.300. The van der Waals surface area contributed by atoms with E-state index in [9.17, 15) is 9.18 Å². The topological polar surface area (TPSA) is 100 Å². The van der Waals surface area contributed by atoms with Crippen LogP contribution in [-0.2, 0) is 0 Å². The van der Waals surface area contributed by atoms with Gasteiger partial charge in [0.05, 0.1) is 11.2 Å². The predicted molar refractivity (Wildman–Crippen MR) is 110 cm³/mol. The molecule has 3 N–H and O–H groups in total. The zero-order chi connectivity index (χ0) is 20.4. The van der Waals surface area contributed by atoms with E-state index in [1.54, 1.807) is 17.0 Å². The minimum atomic E-state index is -0.295. The minimum Gasteiger partial charge on any atom is -0.368 e. The van der Waals surface area contributed by atoms with Gasteiger partial charge >= 0.3 is 6.03 Å². The highest BCUT2D eigenvalue weighted by atomic mass is 19.1. The Kier molecular flexibility index (Phi) is 5.11. The highest BCUT2D eigenvalue weighted by Gasteiger charge is 2.24. The molecule has 1 aliphatic heterocycles. The number of carbonyl (C=O) groups is 1. The van der Waals surface area contributed by atoms with Crippen molar-refractivity contribution in [3.05, 3.63) is 42.2 Å². The molecule has 1 aliphatic rings. The molecule has 29 heavy (non-hydrogen) atoms. The molecule has 0 aliphatic carbocycles. The van der Waals surface area contributed by atoms with Crippen molar-refractivity contribution >= 4 is 28.8 Å². The molecule has 1 saturated heterocycles. The summed E-state index contributed by atoms with van der Waals surface area (Å²) in [6, 6.07) is 9.80. The number of urea groups is 1. The fourth-order valence-corrected chi connectivity index (χ4v) is 3.40. The molecule has 0 bridgehead atoms. The first-order chi connectivity index (χ1) is 14.0. The quantitative estimate of drug-likeness (QED) is 0.706. The number of benzene rings is 1. The molecule has 1 fully saturated rings. The van der Waals surface area contributed by atoms with E-state index in [1.807, 2.05) is 19.1 Å². The second-order valence-electron chi connectivity index (χ2n) is 6.79. The van der Waals surface area contributed by atoms with Crippen LogP contribution in [-0.4, -0.2) is 58.6 Å². The largest absolute Gasteiger partial charge is 0.368 e. The highest BCUT2D eigenvalue weighted by Crippen LogP contribution is 2.27. The van der Waals surface area contributed by atoms with Crippen molar-refractivity contribution in [3.8, 4) is 11.3 Å². The number of nitrogen functional groups attached to an aromatic ring is 1. The third-order valence-electron chi connectivity index (χ3n) is 4.88. The number of carbonyl (C=O) groups excluding carboxylic acids is 1. The van der Waals surface area contributed by atoms with Gasteiger partial charge in [0.1, 0.15) is 11.3 Å². The molecular weight excluding hydrogens is 373 g/mol. The van der Waals surface area contributed by atoms with E-state index in [-0.39, 0.29) is 17.8 Å². The molecule has 0 spiro atoms. The first kappa shape index (κ1) is 18.9. The van der Waals surface area contributed by atoms with E-state index in [4.69, 9.17) is 10.7 Å². The number of nitrogens with zero attached hydrogens (tertiary/aromatic N) is 5. The summed E-state index contributed by atoms with van der Waals surface area (Å²) in [5, 5.41) is 2.82. The van der Waals surface area contributed by atoms with Crippen LogP contribution in [0.25, 0.3) is 22.3 Å². The molecule has 150 valence electrons. The second-order valence-corrected chi connectivity index (χ2v) is 6.79. The van der Waals surface area contributed by atoms with Crippen molar-refractivity contribution in [1.29, 1.82) is 0 Å². The molecule has 3 heterocycles. The molecule has 0 saturated carbocycles. The van der Waals surface area contributed by atoms with Crippen molar-refractivity contribution in [2.24, 2.45) is 0 Å².